The van der Waals surface area contributed by atoms with E-state index in [0.717, 1.165) is 19.5 Å². The third-order valence-electron chi connectivity index (χ3n) is 4.66. The van der Waals surface area contributed by atoms with Crippen LogP contribution in [0.5, 0.6) is 0 Å². The zero-order valence-corrected chi connectivity index (χ0v) is 13.7. The summed E-state index contributed by atoms with van der Waals surface area (Å²) < 4.78 is 1.88. The summed E-state index contributed by atoms with van der Waals surface area (Å²) in [6.07, 6.45) is 3.28. The lowest BCUT2D eigenvalue weighted by molar-refractivity contribution is 0.0697. The monoisotopic (exact) mass is 331 g/mol. The van der Waals surface area contributed by atoms with E-state index in [4.69, 9.17) is 16.7 Å². The van der Waals surface area contributed by atoms with Gasteiger partial charge in [0.1, 0.15) is 0 Å². The molecule has 0 amide bonds. The number of aromatic nitrogens is 2. The fourth-order valence-electron chi connectivity index (χ4n) is 3.27. The van der Waals surface area contributed by atoms with Gasteiger partial charge in [0.15, 0.2) is 0 Å². The van der Waals surface area contributed by atoms with E-state index in [9.17, 15) is 9.90 Å². The van der Waals surface area contributed by atoms with Gasteiger partial charge in [-0.25, -0.2) is 9.48 Å². The Morgan fingerprint density at radius 2 is 2.17 bits per heavy atom. The first kappa shape index (κ1) is 14.7. The molecule has 1 aromatic carbocycles. The Morgan fingerprint density at radius 3 is 2.87 bits per heavy atom. The number of carboxylic acids is 1. The Labute approximate surface area is 139 Å². The summed E-state index contributed by atoms with van der Waals surface area (Å²) in [5.41, 5.74) is 4.55. The minimum absolute atomic E-state index is 0.231. The summed E-state index contributed by atoms with van der Waals surface area (Å²) >= 11 is 6.35. The van der Waals surface area contributed by atoms with Gasteiger partial charge in [0.25, 0.3) is 0 Å². The molecule has 23 heavy (non-hydrogen) atoms. The highest BCUT2D eigenvalue weighted by molar-refractivity contribution is 6.32. The number of hydrogen-bond acceptors (Lipinski definition) is 3. The van der Waals surface area contributed by atoms with E-state index in [0.29, 0.717) is 16.6 Å². The highest BCUT2D eigenvalue weighted by Crippen LogP contribution is 2.43. The van der Waals surface area contributed by atoms with Crippen molar-refractivity contribution in [2.45, 2.75) is 31.7 Å². The molecule has 1 saturated carbocycles. The first-order valence-corrected chi connectivity index (χ1v) is 8.25. The molecular formula is C17H18ClN3O2. The Balaban J connectivity index is 1.88. The highest BCUT2D eigenvalue weighted by atomic mass is 35.5. The van der Waals surface area contributed by atoms with Gasteiger partial charge in [-0.1, -0.05) is 11.6 Å². The second-order valence-electron chi connectivity index (χ2n) is 6.46. The minimum atomic E-state index is -0.953. The molecule has 1 N–H and O–H groups in total. The summed E-state index contributed by atoms with van der Waals surface area (Å²) in [5, 5.41) is 14.6. The highest BCUT2D eigenvalue weighted by Gasteiger charge is 2.34. The smallest absolute Gasteiger partial charge is 0.335 e. The normalized spacial score (nSPS) is 18.0. The number of aromatic carboxylic acids is 1. The zero-order valence-electron chi connectivity index (χ0n) is 12.9. The summed E-state index contributed by atoms with van der Waals surface area (Å²) in [4.78, 5) is 13.6. The summed E-state index contributed by atoms with van der Waals surface area (Å²) in [5.74, 6) is -0.399. The maximum atomic E-state index is 11.3. The average Bonchev–Trinajstić information content (AvgIpc) is 3.29. The standard InChI is InChI=1S/C17H18ClN3O2/c1-20-7-6-14-12(9-20)16(10-2-3-10)19-21(14)15-8-11(17(22)23)4-5-13(15)18/h4-5,8,10H,2-3,6-7,9H2,1H3,(H,22,23). The summed E-state index contributed by atoms with van der Waals surface area (Å²) in [6, 6.07) is 4.78. The van der Waals surface area contributed by atoms with Crippen LogP contribution in [0.2, 0.25) is 5.02 Å². The quantitative estimate of drug-likeness (QED) is 0.939. The summed E-state index contributed by atoms with van der Waals surface area (Å²) in [7, 11) is 2.12. The molecule has 120 valence electrons. The second-order valence-corrected chi connectivity index (χ2v) is 6.86. The summed E-state index contributed by atoms with van der Waals surface area (Å²) in [6.45, 7) is 1.87. The molecule has 0 radical (unpaired) electrons. The van der Waals surface area contributed by atoms with E-state index in [1.807, 2.05) is 4.68 Å². The van der Waals surface area contributed by atoms with Crippen LogP contribution in [0.15, 0.2) is 18.2 Å². The molecule has 0 bridgehead atoms. The Bertz CT molecular complexity index is 795. The fraction of sp³-hybridized carbons (Fsp3) is 0.412. The number of likely N-dealkylation sites (N-methyl/N-ethyl adjacent to an activating group) is 1. The lowest BCUT2D eigenvalue weighted by Gasteiger charge is -2.23. The third-order valence-corrected chi connectivity index (χ3v) is 4.98. The van der Waals surface area contributed by atoms with E-state index in [2.05, 4.69) is 11.9 Å². The van der Waals surface area contributed by atoms with Gasteiger partial charge in [-0.05, 0) is 38.1 Å². The molecule has 2 heterocycles. The molecule has 0 saturated heterocycles. The number of rotatable bonds is 3. The molecule has 2 aliphatic rings. The molecule has 2 aromatic rings. The van der Waals surface area contributed by atoms with E-state index in [1.54, 1.807) is 12.1 Å². The number of benzene rings is 1. The predicted molar refractivity (Wildman–Crippen MR) is 87.5 cm³/mol. The minimum Gasteiger partial charge on any atom is -0.478 e. The van der Waals surface area contributed by atoms with Crippen molar-refractivity contribution in [3.05, 3.63) is 45.7 Å². The van der Waals surface area contributed by atoms with Gasteiger partial charge < -0.3 is 10.0 Å². The van der Waals surface area contributed by atoms with Gasteiger partial charge in [0.2, 0.25) is 0 Å². The van der Waals surface area contributed by atoms with Crippen LogP contribution in [0.4, 0.5) is 0 Å². The number of hydrogen-bond donors (Lipinski definition) is 1. The lowest BCUT2D eigenvalue weighted by atomic mass is 10.0. The van der Waals surface area contributed by atoms with Crippen molar-refractivity contribution >= 4 is 17.6 Å². The van der Waals surface area contributed by atoms with Gasteiger partial charge in [0, 0.05) is 31.0 Å². The molecule has 0 unspecified atom stereocenters. The van der Waals surface area contributed by atoms with Crippen molar-refractivity contribution in [2.24, 2.45) is 0 Å². The van der Waals surface area contributed by atoms with Crippen LogP contribution in [-0.4, -0.2) is 39.3 Å². The van der Waals surface area contributed by atoms with Crippen LogP contribution in [0, 0.1) is 0 Å². The first-order valence-electron chi connectivity index (χ1n) is 7.87. The molecular weight excluding hydrogens is 314 g/mol. The van der Waals surface area contributed by atoms with Crippen LogP contribution in [0.25, 0.3) is 5.69 Å². The van der Waals surface area contributed by atoms with E-state index < -0.39 is 5.97 Å². The molecule has 1 fully saturated rings. The first-order chi connectivity index (χ1) is 11.0. The molecule has 0 atom stereocenters. The molecule has 1 aliphatic carbocycles. The maximum Gasteiger partial charge on any atom is 0.335 e. The molecule has 1 aromatic heterocycles. The van der Waals surface area contributed by atoms with Gasteiger partial charge in [0.05, 0.1) is 27.7 Å². The maximum absolute atomic E-state index is 11.3. The van der Waals surface area contributed by atoms with Crippen molar-refractivity contribution in [1.82, 2.24) is 14.7 Å². The zero-order chi connectivity index (χ0) is 16.1. The molecule has 6 heteroatoms. The van der Waals surface area contributed by atoms with Crippen LogP contribution < -0.4 is 0 Å². The number of carbonyl (C=O) groups is 1. The van der Waals surface area contributed by atoms with Gasteiger partial charge in [-0.2, -0.15) is 5.10 Å². The number of fused-ring (bicyclic) bond motifs is 1. The molecule has 0 spiro atoms. The van der Waals surface area contributed by atoms with E-state index in [-0.39, 0.29) is 5.56 Å². The van der Waals surface area contributed by atoms with Crippen LogP contribution >= 0.6 is 11.6 Å². The van der Waals surface area contributed by atoms with Gasteiger partial charge in [-0.15, -0.1) is 0 Å². The van der Waals surface area contributed by atoms with Crippen LogP contribution in [0.3, 0.4) is 0 Å². The Morgan fingerprint density at radius 1 is 1.39 bits per heavy atom. The number of nitrogens with zero attached hydrogens (tertiary/aromatic N) is 3. The topological polar surface area (TPSA) is 58.4 Å². The van der Waals surface area contributed by atoms with Crippen molar-refractivity contribution < 1.29 is 9.90 Å². The second kappa shape index (κ2) is 5.35. The molecule has 4 rings (SSSR count). The SMILES string of the molecule is CN1CCc2c(c(C3CC3)nn2-c2cc(C(=O)O)ccc2Cl)C1. The van der Waals surface area contributed by atoms with Crippen molar-refractivity contribution in [3.63, 3.8) is 0 Å². The van der Waals surface area contributed by atoms with Crippen LogP contribution in [0.1, 0.15) is 46.1 Å². The van der Waals surface area contributed by atoms with Gasteiger partial charge >= 0.3 is 5.97 Å². The third kappa shape index (κ3) is 2.54. The Hall–Kier alpha value is -1.85. The average molecular weight is 332 g/mol. The lowest BCUT2D eigenvalue weighted by Crippen LogP contribution is -2.27. The number of halogens is 1. The predicted octanol–water partition coefficient (Wildman–Crippen LogP) is 3.09. The van der Waals surface area contributed by atoms with E-state index >= 15 is 0 Å². The van der Waals surface area contributed by atoms with Gasteiger partial charge in [-0.3, -0.25) is 0 Å². The van der Waals surface area contributed by atoms with Crippen molar-refractivity contribution in [3.8, 4) is 5.69 Å². The number of carboxylic acid groups (broad SMARTS) is 1. The Kier molecular flexibility index (Phi) is 3.43. The fourth-order valence-corrected chi connectivity index (χ4v) is 3.47. The van der Waals surface area contributed by atoms with Crippen molar-refractivity contribution in [1.29, 1.82) is 0 Å². The largest absolute Gasteiger partial charge is 0.478 e. The molecule has 1 aliphatic heterocycles. The van der Waals surface area contributed by atoms with Crippen molar-refractivity contribution in [2.75, 3.05) is 13.6 Å². The molecule has 5 nitrogen and oxygen atoms in total. The van der Waals surface area contributed by atoms with E-state index in [1.165, 1.54) is 35.9 Å². The van der Waals surface area contributed by atoms with Crippen LogP contribution in [-0.2, 0) is 13.0 Å².